The smallest absolute Gasteiger partial charge is 0.426 e. The van der Waals surface area contributed by atoms with E-state index in [0.717, 1.165) is 11.8 Å². The molecule has 36 heavy (non-hydrogen) atoms. The average Bonchev–Trinajstić information content (AvgIpc) is 2.90. The van der Waals surface area contributed by atoms with Crippen molar-refractivity contribution in [2.24, 2.45) is 11.8 Å². The molecule has 0 spiro atoms. The van der Waals surface area contributed by atoms with Crippen molar-refractivity contribution in [2.45, 2.75) is 122 Å². The molecular formula is C33H46F2O. The van der Waals surface area contributed by atoms with Crippen LogP contribution < -0.4 is 4.74 Å². The first kappa shape index (κ1) is 27.1. The summed E-state index contributed by atoms with van der Waals surface area (Å²) in [6.07, 6.45) is 14.4. The number of benzene rings is 2. The maximum atomic E-state index is 15.0. The van der Waals surface area contributed by atoms with E-state index in [4.69, 9.17) is 4.74 Å². The topological polar surface area (TPSA) is 9.23 Å². The van der Waals surface area contributed by atoms with E-state index in [0.29, 0.717) is 11.8 Å². The first-order chi connectivity index (χ1) is 17.5. The van der Waals surface area contributed by atoms with Gasteiger partial charge in [0.25, 0.3) is 0 Å². The fourth-order valence-electron chi connectivity index (χ4n) is 6.62. The lowest BCUT2D eigenvalue weighted by Crippen LogP contribution is -2.22. The minimum absolute atomic E-state index is 0.0715. The number of hydrogen-bond acceptors (Lipinski definition) is 1. The van der Waals surface area contributed by atoms with Crippen molar-refractivity contribution >= 4 is 0 Å². The molecule has 2 aromatic rings. The Labute approximate surface area is 218 Å². The van der Waals surface area contributed by atoms with E-state index < -0.39 is 6.11 Å². The summed E-state index contributed by atoms with van der Waals surface area (Å²) >= 11 is 0. The van der Waals surface area contributed by atoms with Crippen LogP contribution in [0.1, 0.15) is 132 Å². The van der Waals surface area contributed by atoms with E-state index in [9.17, 15) is 8.78 Å². The molecule has 0 heterocycles. The third kappa shape index (κ3) is 7.33. The van der Waals surface area contributed by atoms with Gasteiger partial charge < -0.3 is 4.74 Å². The van der Waals surface area contributed by atoms with Crippen LogP contribution in [0.15, 0.2) is 48.5 Å². The van der Waals surface area contributed by atoms with E-state index in [1.165, 1.54) is 101 Å². The molecule has 0 aliphatic heterocycles. The highest BCUT2D eigenvalue weighted by Gasteiger charge is 2.35. The number of rotatable bonds is 11. The van der Waals surface area contributed by atoms with Crippen LogP contribution >= 0.6 is 0 Å². The Bertz CT molecular complexity index is 888. The molecule has 4 rings (SSSR count). The van der Waals surface area contributed by atoms with Gasteiger partial charge in [-0.1, -0.05) is 76.6 Å². The Morgan fingerprint density at radius 1 is 0.639 bits per heavy atom. The predicted octanol–water partition coefficient (Wildman–Crippen LogP) is 10.7. The largest absolute Gasteiger partial charge is 0.429 e. The third-order valence-corrected chi connectivity index (χ3v) is 8.92. The molecule has 0 bridgehead atoms. The SMILES string of the molecule is CCCCCC1CCC(c2ccc(C(F)(F)Oc3ccc(C4CCC(CCC)CC4)cc3)cc2)CC1. The average molecular weight is 497 g/mol. The molecule has 2 aromatic carbocycles. The Morgan fingerprint density at radius 3 is 1.64 bits per heavy atom. The molecule has 0 N–H and O–H groups in total. The molecule has 198 valence electrons. The first-order valence-corrected chi connectivity index (χ1v) is 14.8. The van der Waals surface area contributed by atoms with Crippen LogP contribution in [0.2, 0.25) is 0 Å². The Morgan fingerprint density at radius 2 is 1.14 bits per heavy atom. The van der Waals surface area contributed by atoms with Gasteiger partial charge in [0.05, 0.1) is 5.56 Å². The summed E-state index contributed by atoms with van der Waals surface area (Å²) in [4.78, 5) is 0. The zero-order valence-electron chi connectivity index (χ0n) is 22.5. The van der Waals surface area contributed by atoms with Crippen molar-refractivity contribution in [1.82, 2.24) is 0 Å². The second kappa shape index (κ2) is 13.1. The monoisotopic (exact) mass is 496 g/mol. The van der Waals surface area contributed by atoms with Gasteiger partial charge in [-0.25, -0.2) is 0 Å². The summed E-state index contributed by atoms with van der Waals surface area (Å²) in [5.41, 5.74) is 2.38. The lowest BCUT2D eigenvalue weighted by Gasteiger charge is -2.29. The minimum Gasteiger partial charge on any atom is -0.429 e. The van der Waals surface area contributed by atoms with Crippen LogP contribution in [-0.4, -0.2) is 0 Å². The van der Waals surface area contributed by atoms with Crippen LogP contribution in [0, 0.1) is 11.8 Å². The van der Waals surface area contributed by atoms with Gasteiger partial charge >= 0.3 is 6.11 Å². The van der Waals surface area contributed by atoms with E-state index in [-0.39, 0.29) is 11.3 Å². The summed E-state index contributed by atoms with van der Waals surface area (Å²) in [6.45, 7) is 4.51. The highest BCUT2D eigenvalue weighted by Crippen LogP contribution is 2.40. The summed E-state index contributed by atoms with van der Waals surface area (Å²) in [5.74, 6) is 3.00. The van der Waals surface area contributed by atoms with Gasteiger partial charge in [0.15, 0.2) is 0 Å². The molecule has 0 unspecified atom stereocenters. The molecule has 2 aliphatic rings. The van der Waals surface area contributed by atoms with Crippen molar-refractivity contribution in [1.29, 1.82) is 0 Å². The van der Waals surface area contributed by atoms with Gasteiger partial charge in [-0.3, -0.25) is 0 Å². The molecule has 1 nitrogen and oxygen atoms in total. The zero-order valence-corrected chi connectivity index (χ0v) is 22.5. The normalized spacial score (nSPS) is 25.0. The Kier molecular flexibility index (Phi) is 9.85. The second-order valence-electron chi connectivity index (χ2n) is 11.5. The minimum atomic E-state index is -3.34. The first-order valence-electron chi connectivity index (χ1n) is 14.8. The fourth-order valence-corrected chi connectivity index (χ4v) is 6.62. The zero-order chi connectivity index (χ0) is 25.4. The van der Waals surface area contributed by atoms with E-state index in [1.807, 2.05) is 24.3 Å². The molecule has 2 saturated carbocycles. The summed E-state index contributed by atoms with van der Waals surface area (Å²) < 4.78 is 35.1. The maximum Gasteiger partial charge on any atom is 0.426 e. The van der Waals surface area contributed by atoms with Crippen molar-refractivity contribution in [3.8, 4) is 5.75 Å². The quantitative estimate of drug-likeness (QED) is 0.281. The Hall–Kier alpha value is -1.90. The highest BCUT2D eigenvalue weighted by molar-refractivity contribution is 5.32. The lowest BCUT2D eigenvalue weighted by molar-refractivity contribution is -0.185. The van der Waals surface area contributed by atoms with Crippen molar-refractivity contribution < 1.29 is 13.5 Å². The highest BCUT2D eigenvalue weighted by atomic mass is 19.3. The van der Waals surface area contributed by atoms with Gasteiger partial charge in [-0.05, 0) is 110 Å². The summed E-state index contributed by atoms with van der Waals surface area (Å²) in [7, 11) is 0. The molecule has 2 aliphatic carbocycles. The second-order valence-corrected chi connectivity index (χ2v) is 11.5. The van der Waals surface area contributed by atoms with Gasteiger partial charge in [-0.15, -0.1) is 0 Å². The van der Waals surface area contributed by atoms with Crippen LogP contribution in [-0.2, 0) is 6.11 Å². The fraction of sp³-hybridized carbons (Fsp3) is 0.636. The van der Waals surface area contributed by atoms with Crippen LogP contribution in [0.4, 0.5) is 8.78 Å². The molecule has 0 atom stereocenters. The number of unbranched alkanes of at least 4 members (excludes halogenated alkanes) is 2. The molecular weight excluding hydrogens is 450 g/mol. The molecule has 0 saturated heterocycles. The predicted molar refractivity (Wildman–Crippen MR) is 146 cm³/mol. The van der Waals surface area contributed by atoms with E-state index in [1.54, 1.807) is 24.3 Å². The molecule has 2 fully saturated rings. The van der Waals surface area contributed by atoms with Gasteiger partial charge in [0, 0.05) is 0 Å². The van der Waals surface area contributed by atoms with Gasteiger partial charge in [0.2, 0.25) is 0 Å². The standard InChI is InChI=1S/C33H46F2O/c1-3-5-6-8-26-11-15-27(16-12-26)29-17-21-31(22-18-29)33(34,35)36-32-23-19-30(20-24-32)28-13-9-25(7-4-2)10-14-28/h17-28H,3-16H2,1-2H3. The number of ether oxygens (including phenoxy) is 1. The molecule has 0 aromatic heterocycles. The maximum absolute atomic E-state index is 15.0. The summed E-state index contributed by atoms with van der Waals surface area (Å²) in [6, 6.07) is 14.3. The lowest BCUT2D eigenvalue weighted by atomic mass is 9.77. The number of alkyl halides is 2. The van der Waals surface area contributed by atoms with E-state index >= 15 is 0 Å². The summed E-state index contributed by atoms with van der Waals surface area (Å²) in [5, 5.41) is 0. The third-order valence-electron chi connectivity index (χ3n) is 8.92. The van der Waals surface area contributed by atoms with E-state index in [2.05, 4.69) is 13.8 Å². The molecule has 0 amide bonds. The van der Waals surface area contributed by atoms with Gasteiger partial charge in [-0.2, -0.15) is 8.78 Å². The van der Waals surface area contributed by atoms with Crippen molar-refractivity contribution in [2.75, 3.05) is 0 Å². The van der Waals surface area contributed by atoms with Crippen LogP contribution in [0.3, 0.4) is 0 Å². The van der Waals surface area contributed by atoms with Gasteiger partial charge in [0.1, 0.15) is 5.75 Å². The van der Waals surface area contributed by atoms with Crippen LogP contribution in [0.5, 0.6) is 5.75 Å². The van der Waals surface area contributed by atoms with Crippen molar-refractivity contribution in [3.63, 3.8) is 0 Å². The molecule has 0 radical (unpaired) electrons. The Balaban J connectivity index is 1.28. The number of hydrogen-bond donors (Lipinski definition) is 0. The van der Waals surface area contributed by atoms with Crippen molar-refractivity contribution in [3.05, 3.63) is 65.2 Å². The van der Waals surface area contributed by atoms with Crippen LogP contribution in [0.25, 0.3) is 0 Å². The number of halogens is 2. The molecule has 3 heteroatoms.